The minimum atomic E-state index is -3.74. The Hall–Kier alpha value is -2.86. The Kier molecular flexibility index (Phi) is 6.59. The van der Waals surface area contributed by atoms with E-state index in [-0.39, 0.29) is 24.1 Å². The topological polar surface area (TPSA) is 107 Å². The molecule has 34 heavy (non-hydrogen) atoms. The number of carbonyl (C=O) groups is 1. The van der Waals surface area contributed by atoms with Crippen LogP contribution >= 0.6 is 0 Å². The summed E-state index contributed by atoms with van der Waals surface area (Å²) >= 11 is 0. The first-order valence-corrected chi connectivity index (χ1v) is 12.7. The van der Waals surface area contributed by atoms with E-state index in [4.69, 9.17) is 18.9 Å². The monoisotopic (exact) mass is 489 g/mol. The van der Waals surface area contributed by atoms with Crippen molar-refractivity contribution in [2.75, 3.05) is 64.3 Å². The first-order valence-electron chi connectivity index (χ1n) is 11.2. The number of anilines is 1. The minimum absolute atomic E-state index is 0.0969. The lowest BCUT2D eigenvalue weighted by atomic mass is 10.1. The van der Waals surface area contributed by atoms with Crippen LogP contribution in [0.5, 0.6) is 11.5 Å². The second kappa shape index (κ2) is 9.79. The van der Waals surface area contributed by atoms with Gasteiger partial charge in [0, 0.05) is 38.4 Å². The first-order chi connectivity index (χ1) is 16.5. The summed E-state index contributed by atoms with van der Waals surface area (Å²) in [6.07, 6.45) is 0. The Morgan fingerprint density at radius 2 is 1.59 bits per heavy atom. The molecule has 1 amide bonds. The molecule has 2 aromatic rings. The van der Waals surface area contributed by atoms with Crippen LogP contribution in [0.2, 0.25) is 0 Å². The number of sulfonamides is 1. The van der Waals surface area contributed by atoms with Gasteiger partial charge in [-0.15, -0.1) is 0 Å². The third-order valence-electron chi connectivity index (χ3n) is 6.06. The van der Waals surface area contributed by atoms with Gasteiger partial charge in [-0.05, 0) is 35.9 Å². The molecule has 2 fully saturated rings. The van der Waals surface area contributed by atoms with Gasteiger partial charge in [0.25, 0.3) is 5.91 Å². The zero-order valence-electron chi connectivity index (χ0n) is 18.7. The average molecular weight is 490 g/mol. The molecule has 1 N–H and O–H groups in total. The van der Waals surface area contributed by atoms with Gasteiger partial charge in [0.15, 0.2) is 11.5 Å². The molecular formula is C23H27N3O7S. The highest BCUT2D eigenvalue weighted by Crippen LogP contribution is 2.32. The van der Waals surface area contributed by atoms with Gasteiger partial charge >= 0.3 is 0 Å². The largest absolute Gasteiger partial charge is 0.454 e. The van der Waals surface area contributed by atoms with E-state index in [0.717, 1.165) is 5.56 Å². The molecule has 10 nitrogen and oxygen atoms in total. The molecule has 0 radical (unpaired) electrons. The fourth-order valence-electron chi connectivity index (χ4n) is 4.20. The Balaban J connectivity index is 1.41. The van der Waals surface area contributed by atoms with Gasteiger partial charge in [0.2, 0.25) is 16.8 Å². The molecule has 182 valence electrons. The van der Waals surface area contributed by atoms with Crippen molar-refractivity contribution < 1.29 is 32.2 Å². The van der Waals surface area contributed by atoms with Gasteiger partial charge < -0.3 is 29.2 Å². The highest BCUT2D eigenvalue weighted by atomic mass is 32.2. The number of fused-ring (bicyclic) bond motifs is 1. The molecule has 0 atom stereocenters. The van der Waals surface area contributed by atoms with Crippen LogP contribution in [-0.4, -0.2) is 78.0 Å². The van der Waals surface area contributed by atoms with Gasteiger partial charge in [-0.3, -0.25) is 4.79 Å². The van der Waals surface area contributed by atoms with E-state index < -0.39 is 10.0 Å². The van der Waals surface area contributed by atoms with Crippen molar-refractivity contribution in [1.82, 2.24) is 9.62 Å². The molecular weight excluding hydrogens is 462 g/mol. The smallest absolute Gasteiger partial charge is 0.253 e. The quantitative estimate of drug-likeness (QED) is 0.645. The number of hydrogen-bond acceptors (Lipinski definition) is 8. The Bertz CT molecular complexity index is 1160. The fourth-order valence-corrected chi connectivity index (χ4v) is 5.64. The van der Waals surface area contributed by atoms with E-state index in [2.05, 4.69) is 5.32 Å². The molecule has 0 spiro atoms. The second-order valence-electron chi connectivity index (χ2n) is 8.17. The van der Waals surface area contributed by atoms with Crippen LogP contribution in [0.25, 0.3) is 0 Å². The van der Waals surface area contributed by atoms with Crippen LogP contribution in [0.15, 0.2) is 41.3 Å². The fraction of sp³-hybridized carbons (Fsp3) is 0.435. The predicted octanol–water partition coefficient (Wildman–Crippen LogP) is 1.20. The minimum Gasteiger partial charge on any atom is -0.454 e. The van der Waals surface area contributed by atoms with E-state index in [1.807, 2.05) is 17.0 Å². The van der Waals surface area contributed by atoms with E-state index in [0.29, 0.717) is 75.4 Å². The highest BCUT2D eigenvalue weighted by Gasteiger charge is 2.29. The molecule has 2 aromatic carbocycles. The summed E-state index contributed by atoms with van der Waals surface area (Å²) < 4.78 is 49.3. The number of rotatable bonds is 6. The zero-order chi connectivity index (χ0) is 23.5. The molecule has 5 rings (SSSR count). The summed E-state index contributed by atoms with van der Waals surface area (Å²) in [5.74, 6) is 0.961. The van der Waals surface area contributed by atoms with Gasteiger partial charge in [0.05, 0.1) is 36.9 Å². The normalized spacial score (nSPS) is 18.6. The average Bonchev–Trinajstić information content (AvgIpc) is 3.36. The number of amides is 1. The molecule has 3 aliphatic rings. The van der Waals surface area contributed by atoms with Gasteiger partial charge in [-0.2, -0.15) is 4.31 Å². The summed E-state index contributed by atoms with van der Waals surface area (Å²) in [5, 5.41) is 2.92. The number of hydrogen-bond donors (Lipinski definition) is 1. The lowest BCUT2D eigenvalue weighted by Gasteiger charge is -2.31. The van der Waals surface area contributed by atoms with Crippen molar-refractivity contribution >= 4 is 21.6 Å². The first kappa shape index (κ1) is 22.9. The van der Waals surface area contributed by atoms with Crippen LogP contribution in [0.1, 0.15) is 15.9 Å². The van der Waals surface area contributed by atoms with Crippen molar-refractivity contribution in [1.29, 1.82) is 0 Å². The number of nitrogens with zero attached hydrogens (tertiary/aromatic N) is 2. The van der Waals surface area contributed by atoms with Crippen LogP contribution < -0.4 is 19.7 Å². The van der Waals surface area contributed by atoms with Crippen LogP contribution in [0.3, 0.4) is 0 Å². The van der Waals surface area contributed by atoms with Crippen molar-refractivity contribution in [2.45, 2.75) is 11.4 Å². The summed E-state index contributed by atoms with van der Waals surface area (Å²) in [7, 11) is -3.74. The maximum atomic E-state index is 13.3. The lowest BCUT2D eigenvalue weighted by Crippen LogP contribution is -2.41. The highest BCUT2D eigenvalue weighted by molar-refractivity contribution is 7.89. The third kappa shape index (κ3) is 4.69. The van der Waals surface area contributed by atoms with Crippen molar-refractivity contribution in [2.24, 2.45) is 0 Å². The third-order valence-corrected chi connectivity index (χ3v) is 7.96. The van der Waals surface area contributed by atoms with Crippen LogP contribution in [0, 0.1) is 0 Å². The molecule has 0 unspecified atom stereocenters. The molecule has 0 saturated carbocycles. The SMILES string of the molecule is O=C(NCc1ccc2c(c1)OCO2)c1cc(S(=O)(=O)N2CCOCC2)ccc1N1CCOCC1. The lowest BCUT2D eigenvalue weighted by molar-refractivity contribution is 0.0730. The Morgan fingerprint density at radius 1 is 0.882 bits per heavy atom. The van der Waals surface area contributed by atoms with Crippen molar-refractivity contribution in [3.05, 3.63) is 47.5 Å². The number of carbonyl (C=O) groups excluding carboxylic acids is 1. The van der Waals surface area contributed by atoms with Crippen LogP contribution in [0.4, 0.5) is 5.69 Å². The summed E-state index contributed by atoms with van der Waals surface area (Å²) in [5.41, 5.74) is 1.85. The Morgan fingerprint density at radius 3 is 2.35 bits per heavy atom. The molecule has 11 heteroatoms. The summed E-state index contributed by atoms with van der Waals surface area (Å²) in [4.78, 5) is 15.5. The van der Waals surface area contributed by atoms with Crippen LogP contribution in [-0.2, 0) is 26.0 Å². The standard InChI is InChI=1S/C23H27N3O7S/c27-23(24-15-17-1-4-21-22(13-17)33-16-32-21)19-14-18(34(28,29)26-7-11-31-12-8-26)2-3-20(19)25-5-9-30-10-6-25/h1-4,13-14H,5-12,15-16H2,(H,24,27). The molecule has 0 aromatic heterocycles. The van der Waals surface area contributed by atoms with E-state index >= 15 is 0 Å². The molecule has 0 aliphatic carbocycles. The van der Waals surface area contributed by atoms with Gasteiger partial charge in [-0.1, -0.05) is 6.07 Å². The molecule has 2 saturated heterocycles. The van der Waals surface area contributed by atoms with Crippen molar-refractivity contribution in [3.63, 3.8) is 0 Å². The maximum Gasteiger partial charge on any atom is 0.253 e. The maximum absolute atomic E-state index is 13.3. The predicted molar refractivity (Wildman–Crippen MR) is 123 cm³/mol. The van der Waals surface area contributed by atoms with E-state index in [9.17, 15) is 13.2 Å². The Labute approximate surface area is 198 Å². The summed E-state index contributed by atoms with van der Waals surface area (Å²) in [6.45, 7) is 4.07. The summed E-state index contributed by atoms with van der Waals surface area (Å²) in [6, 6.07) is 10.3. The molecule has 3 aliphatic heterocycles. The van der Waals surface area contributed by atoms with E-state index in [1.54, 1.807) is 18.2 Å². The number of morpholine rings is 2. The van der Waals surface area contributed by atoms with Gasteiger partial charge in [-0.25, -0.2) is 8.42 Å². The zero-order valence-corrected chi connectivity index (χ0v) is 19.5. The number of nitrogens with one attached hydrogen (secondary N) is 1. The second-order valence-corrected chi connectivity index (χ2v) is 10.1. The molecule has 0 bridgehead atoms. The van der Waals surface area contributed by atoms with Crippen molar-refractivity contribution in [3.8, 4) is 11.5 Å². The number of ether oxygens (including phenoxy) is 4. The van der Waals surface area contributed by atoms with Gasteiger partial charge in [0.1, 0.15) is 0 Å². The number of benzene rings is 2. The van der Waals surface area contributed by atoms with E-state index in [1.165, 1.54) is 10.4 Å². The molecule has 3 heterocycles.